The smallest absolute Gasteiger partial charge is 0.344 e. The number of nitrogens with one attached hydrogen (secondary N) is 1. The van der Waals surface area contributed by atoms with Gasteiger partial charge < -0.3 is 19.5 Å². The van der Waals surface area contributed by atoms with Crippen LogP contribution in [-0.2, 0) is 16.1 Å². The third kappa shape index (κ3) is 5.09. The predicted molar refractivity (Wildman–Crippen MR) is 77.1 cm³/mol. The van der Waals surface area contributed by atoms with Crippen LogP contribution in [0.15, 0.2) is 18.2 Å². The van der Waals surface area contributed by atoms with Gasteiger partial charge in [0, 0.05) is 12.1 Å². The van der Waals surface area contributed by atoms with Crippen LogP contribution in [0.5, 0.6) is 11.5 Å². The van der Waals surface area contributed by atoms with Crippen molar-refractivity contribution in [2.24, 2.45) is 0 Å². The molecule has 1 rings (SSSR count). The molecule has 0 fully saturated rings. The molecular weight excluding hydrogens is 258 g/mol. The summed E-state index contributed by atoms with van der Waals surface area (Å²) in [7, 11) is 1.58. The molecule has 0 aliphatic heterocycles. The molecule has 112 valence electrons. The molecule has 0 aliphatic carbocycles. The molecule has 1 N–H and O–H groups in total. The molecule has 5 nitrogen and oxygen atoms in total. The average molecular weight is 281 g/mol. The second-order valence-electron chi connectivity index (χ2n) is 4.22. The van der Waals surface area contributed by atoms with Gasteiger partial charge in [-0.15, -0.1) is 0 Å². The van der Waals surface area contributed by atoms with Crippen LogP contribution >= 0.6 is 0 Å². The first kappa shape index (κ1) is 16.3. The van der Waals surface area contributed by atoms with Gasteiger partial charge >= 0.3 is 5.97 Å². The van der Waals surface area contributed by atoms with E-state index in [9.17, 15) is 4.79 Å². The second kappa shape index (κ2) is 9.20. The topological polar surface area (TPSA) is 56.8 Å². The van der Waals surface area contributed by atoms with Crippen molar-refractivity contribution in [2.45, 2.75) is 26.8 Å². The van der Waals surface area contributed by atoms with Crippen LogP contribution in [0.2, 0.25) is 0 Å². The fourth-order valence-corrected chi connectivity index (χ4v) is 1.76. The van der Waals surface area contributed by atoms with E-state index in [1.54, 1.807) is 14.0 Å². The quantitative estimate of drug-likeness (QED) is 0.555. The van der Waals surface area contributed by atoms with Crippen molar-refractivity contribution >= 4 is 5.97 Å². The molecular formula is C15H23NO4. The Morgan fingerprint density at radius 1 is 1.30 bits per heavy atom. The van der Waals surface area contributed by atoms with E-state index in [2.05, 4.69) is 12.2 Å². The average Bonchev–Trinajstić information content (AvgIpc) is 2.46. The molecule has 0 aromatic heterocycles. The summed E-state index contributed by atoms with van der Waals surface area (Å²) in [4.78, 5) is 11.4. The molecule has 0 radical (unpaired) electrons. The summed E-state index contributed by atoms with van der Waals surface area (Å²) in [5.41, 5.74) is 0.960. The highest BCUT2D eigenvalue weighted by atomic mass is 16.6. The van der Waals surface area contributed by atoms with E-state index in [0.29, 0.717) is 24.7 Å². The highest BCUT2D eigenvalue weighted by molar-refractivity contribution is 5.71. The van der Waals surface area contributed by atoms with Crippen LogP contribution in [-0.4, -0.2) is 32.8 Å². The van der Waals surface area contributed by atoms with Crippen molar-refractivity contribution in [3.8, 4) is 11.5 Å². The summed E-state index contributed by atoms with van der Waals surface area (Å²) in [6.07, 6.45) is 1.06. The molecule has 0 saturated carbocycles. The molecule has 0 heterocycles. The van der Waals surface area contributed by atoms with Crippen LogP contribution in [0.3, 0.4) is 0 Å². The Labute approximate surface area is 120 Å². The third-order valence-corrected chi connectivity index (χ3v) is 2.66. The van der Waals surface area contributed by atoms with Crippen molar-refractivity contribution in [1.29, 1.82) is 0 Å². The maximum Gasteiger partial charge on any atom is 0.344 e. The number of esters is 1. The Hall–Kier alpha value is -1.75. The first-order valence-corrected chi connectivity index (χ1v) is 6.87. The summed E-state index contributed by atoms with van der Waals surface area (Å²) in [6.45, 7) is 5.70. The number of methoxy groups -OCH3 is 1. The van der Waals surface area contributed by atoms with Gasteiger partial charge in [0.25, 0.3) is 0 Å². The number of carbonyl (C=O) groups is 1. The van der Waals surface area contributed by atoms with Gasteiger partial charge in [-0.05, 0) is 26.0 Å². The summed E-state index contributed by atoms with van der Waals surface area (Å²) in [6, 6.07) is 5.66. The summed E-state index contributed by atoms with van der Waals surface area (Å²) < 4.78 is 15.7. The van der Waals surface area contributed by atoms with E-state index in [-0.39, 0.29) is 12.6 Å². The van der Waals surface area contributed by atoms with E-state index in [4.69, 9.17) is 14.2 Å². The van der Waals surface area contributed by atoms with Crippen molar-refractivity contribution in [1.82, 2.24) is 5.32 Å². The zero-order valence-corrected chi connectivity index (χ0v) is 12.4. The standard InChI is InChI=1S/C15H23NO4/c1-4-9-16-10-12-7-6-8-13(18-3)15(12)20-11-14(17)19-5-2/h6-8,16H,4-5,9-11H2,1-3H3. The summed E-state index contributed by atoms with van der Waals surface area (Å²) in [5, 5.41) is 3.30. The molecule has 20 heavy (non-hydrogen) atoms. The second-order valence-corrected chi connectivity index (χ2v) is 4.22. The lowest BCUT2D eigenvalue weighted by Gasteiger charge is -2.15. The van der Waals surface area contributed by atoms with Gasteiger partial charge in [-0.1, -0.05) is 19.1 Å². The highest BCUT2D eigenvalue weighted by Gasteiger charge is 2.12. The van der Waals surface area contributed by atoms with E-state index in [1.165, 1.54) is 0 Å². The lowest BCUT2D eigenvalue weighted by molar-refractivity contribution is -0.145. The van der Waals surface area contributed by atoms with Crippen LogP contribution in [0.1, 0.15) is 25.8 Å². The first-order valence-electron chi connectivity index (χ1n) is 6.87. The first-order chi connectivity index (χ1) is 9.72. The largest absolute Gasteiger partial charge is 0.493 e. The minimum absolute atomic E-state index is 0.116. The summed E-state index contributed by atoms with van der Waals surface area (Å²) in [5.74, 6) is 0.822. The molecule has 0 unspecified atom stereocenters. The zero-order chi connectivity index (χ0) is 14.8. The van der Waals surface area contributed by atoms with Crippen LogP contribution in [0.25, 0.3) is 0 Å². The normalized spacial score (nSPS) is 10.2. The van der Waals surface area contributed by atoms with Crippen LogP contribution in [0, 0.1) is 0 Å². The molecule has 0 saturated heterocycles. The van der Waals surface area contributed by atoms with Crippen molar-refractivity contribution in [2.75, 3.05) is 26.9 Å². The Bertz CT molecular complexity index is 420. The molecule has 0 atom stereocenters. The monoisotopic (exact) mass is 281 g/mol. The van der Waals surface area contributed by atoms with E-state index in [1.807, 2.05) is 18.2 Å². The van der Waals surface area contributed by atoms with Gasteiger partial charge in [-0.3, -0.25) is 0 Å². The number of hydrogen-bond acceptors (Lipinski definition) is 5. The molecule has 5 heteroatoms. The minimum atomic E-state index is -0.383. The minimum Gasteiger partial charge on any atom is -0.493 e. The molecule has 1 aromatic rings. The lowest BCUT2D eigenvalue weighted by Crippen LogP contribution is -2.18. The highest BCUT2D eigenvalue weighted by Crippen LogP contribution is 2.31. The maximum absolute atomic E-state index is 11.4. The molecule has 0 spiro atoms. The summed E-state index contributed by atoms with van der Waals surface area (Å²) >= 11 is 0. The molecule has 1 aromatic carbocycles. The fraction of sp³-hybridized carbons (Fsp3) is 0.533. The number of rotatable bonds is 9. The fourth-order valence-electron chi connectivity index (χ4n) is 1.76. The van der Waals surface area contributed by atoms with Gasteiger partial charge in [0.2, 0.25) is 0 Å². The van der Waals surface area contributed by atoms with E-state index < -0.39 is 0 Å². The maximum atomic E-state index is 11.4. The Morgan fingerprint density at radius 2 is 2.10 bits per heavy atom. The van der Waals surface area contributed by atoms with Crippen LogP contribution < -0.4 is 14.8 Å². The molecule has 0 aliphatic rings. The number of hydrogen-bond donors (Lipinski definition) is 1. The Balaban J connectivity index is 2.75. The van der Waals surface area contributed by atoms with Gasteiger partial charge in [0.1, 0.15) is 0 Å². The Morgan fingerprint density at radius 3 is 2.75 bits per heavy atom. The number of carbonyl (C=O) groups excluding carboxylic acids is 1. The van der Waals surface area contributed by atoms with Gasteiger partial charge in [0.05, 0.1) is 13.7 Å². The zero-order valence-electron chi connectivity index (χ0n) is 12.4. The van der Waals surface area contributed by atoms with Gasteiger partial charge in [0.15, 0.2) is 18.1 Å². The van der Waals surface area contributed by atoms with E-state index in [0.717, 1.165) is 18.5 Å². The van der Waals surface area contributed by atoms with Gasteiger partial charge in [-0.25, -0.2) is 4.79 Å². The number of ether oxygens (including phenoxy) is 3. The third-order valence-electron chi connectivity index (χ3n) is 2.66. The van der Waals surface area contributed by atoms with Crippen molar-refractivity contribution < 1.29 is 19.0 Å². The Kier molecular flexibility index (Phi) is 7.50. The van der Waals surface area contributed by atoms with Gasteiger partial charge in [-0.2, -0.15) is 0 Å². The number of para-hydroxylation sites is 1. The molecule has 0 amide bonds. The van der Waals surface area contributed by atoms with E-state index >= 15 is 0 Å². The predicted octanol–water partition coefficient (Wildman–Crippen LogP) is 2.14. The molecule has 0 bridgehead atoms. The van der Waals surface area contributed by atoms with Crippen molar-refractivity contribution in [3.63, 3.8) is 0 Å². The van der Waals surface area contributed by atoms with Crippen molar-refractivity contribution in [3.05, 3.63) is 23.8 Å². The SMILES string of the molecule is CCCNCc1cccc(OC)c1OCC(=O)OCC. The lowest BCUT2D eigenvalue weighted by atomic mass is 10.2. The van der Waals surface area contributed by atoms with Crippen LogP contribution in [0.4, 0.5) is 0 Å². The number of benzene rings is 1.